The molecule has 1 aliphatic heterocycles. The number of hydrogen-bond acceptors (Lipinski definition) is 8. The van der Waals surface area contributed by atoms with Crippen LogP contribution in [0.25, 0.3) is 10.2 Å². The van der Waals surface area contributed by atoms with Gasteiger partial charge in [0.1, 0.15) is 17.6 Å². The van der Waals surface area contributed by atoms with Crippen LogP contribution in [0.15, 0.2) is 97.1 Å². The molecule has 5 aromatic rings. The number of fused-ring (bicyclic) bond motifs is 2. The van der Waals surface area contributed by atoms with E-state index < -0.39 is 6.04 Å². The Morgan fingerprint density at radius 2 is 1.77 bits per heavy atom. The fraction of sp³-hybridized carbons (Fsp3) is 0.270. The number of thiazole rings is 1. The van der Waals surface area contributed by atoms with Gasteiger partial charge in [-0.3, -0.25) is 14.5 Å². The molecule has 10 heteroatoms. The van der Waals surface area contributed by atoms with Crippen LogP contribution in [-0.4, -0.2) is 70.6 Å². The molecule has 1 aliphatic rings. The van der Waals surface area contributed by atoms with Crippen LogP contribution >= 0.6 is 11.3 Å². The van der Waals surface area contributed by atoms with E-state index in [-0.39, 0.29) is 30.4 Å². The number of ether oxygens (including phenoxy) is 2. The SMILES string of the molecule is C[C@H](CO)N1C[C@H](C)[C@H](CN(C)Cc2ccc(Oc3ccccc3)cc2)Oc2c(NC(=O)c3nc4ccccc4s3)cccc2C1=O. The molecule has 0 unspecified atom stereocenters. The summed E-state index contributed by atoms with van der Waals surface area (Å²) in [6.07, 6.45) is -0.332. The number of amides is 2. The first-order valence-electron chi connectivity index (χ1n) is 15.7. The average molecular weight is 651 g/mol. The summed E-state index contributed by atoms with van der Waals surface area (Å²) in [4.78, 5) is 35.7. The second-order valence-electron chi connectivity index (χ2n) is 12.0. The predicted octanol–water partition coefficient (Wildman–Crippen LogP) is 6.69. The predicted molar refractivity (Wildman–Crippen MR) is 184 cm³/mol. The third-order valence-corrected chi connectivity index (χ3v) is 9.31. The largest absolute Gasteiger partial charge is 0.486 e. The van der Waals surface area contributed by atoms with E-state index in [4.69, 9.17) is 9.47 Å². The summed E-state index contributed by atoms with van der Waals surface area (Å²) in [6, 6.07) is 30.1. The smallest absolute Gasteiger partial charge is 0.284 e. The van der Waals surface area contributed by atoms with E-state index in [9.17, 15) is 14.7 Å². The molecule has 0 spiro atoms. The number of likely N-dealkylation sites (N-methyl/N-ethyl adjacent to an activating group) is 1. The molecular formula is C37H38N4O5S. The quantitative estimate of drug-likeness (QED) is 0.174. The first kappa shape index (κ1) is 32.2. The van der Waals surface area contributed by atoms with E-state index in [1.54, 1.807) is 23.1 Å². The monoisotopic (exact) mass is 650 g/mol. The van der Waals surface area contributed by atoms with E-state index in [0.29, 0.717) is 41.6 Å². The normalized spacial score (nSPS) is 17.0. The Bertz CT molecular complexity index is 1810. The molecule has 1 aromatic heterocycles. The minimum Gasteiger partial charge on any atom is -0.486 e. The Hall–Kier alpha value is -4.77. The van der Waals surface area contributed by atoms with Crippen LogP contribution < -0.4 is 14.8 Å². The number of anilines is 1. The van der Waals surface area contributed by atoms with E-state index >= 15 is 0 Å². The van der Waals surface area contributed by atoms with E-state index in [1.807, 2.05) is 99.8 Å². The van der Waals surface area contributed by atoms with Gasteiger partial charge in [0.2, 0.25) is 0 Å². The molecule has 3 atom stereocenters. The molecule has 9 nitrogen and oxygen atoms in total. The Kier molecular flexibility index (Phi) is 9.81. The molecule has 4 aromatic carbocycles. The van der Waals surface area contributed by atoms with Crippen LogP contribution in [0.4, 0.5) is 5.69 Å². The molecule has 0 saturated carbocycles. The van der Waals surface area contributed by atoms with Gasteiger partial charge in [-0.2, -0.15) is 0 Å². The van der Waals surface area contributed by atoms with Gasteiger partial charge in [-0.25, -0.2) is 4.98 Å². The highest BCUT2D eigenvalue weighted by Gasteiger charge is 2.34. The summed E-state index contributed by atoms with van der Waals surface area (Å²) in [5.74, 6) is 1.15. The Morgan fingerprint density at radius 3 is 2.51 bits per heavy atom. The van der Waals surface area contributed by atoms with Crippen LogP contribution in [0.1, 0.15) is 39.6 Å². The molecule has 242 valence electrons. The number of rotatable bonds is 10. The van der Waals surface area contributed by atoms with Crippen LogP contribution in [0, 0.1) is 5.92 Å². The Labute approximate surface area is 278 Å². The lowest BCUT2D eigenvalue weighted by Gasteiger charge is -2.38. The van der Waals surface area contributed by atoms with Gasteiger partial charge in [-0.05, 0) is 68.1 Å². The minimum absolute atomic E-state index is 0.0850. The average Bonchev–Trinajstić information content (AvgIpc) is 3.52. The lowest BCUT2D eigenvalue weighted by Crippen LogP contribution is -2.49. The molecule has 0 radical (unpaired) electrons. The highest BCUT2D eigenvalue weighted by molar-refractivity contribution is 7.20. The lowest BCUT2D eigenvalue weighted by atomic mass is 9.98. The van der Waals surface area contributed by atoms with E-state index in [1.165, 1.54) is 11.3 Å². The molecule has 0 bridgehead atoms. The molecule has 0 aliphatic carbocycles. The molecular weight excluding hydrogens is 612 g/mol. The molecule has 2 amide bonds. The van der Waals surface area contributed by atoms with Crippen molar-refractivity contribution in [2.75, 3.05) is 32.1 Å². The molecule has 0 fully saturated rings. The van der Waals surface area contributed by atoms with Gasteiger partial charge in [0.05, 0.1) is 34.1 Å². The maximum absolute atomic E-state index is 13.9. The fourth-order valence-electron chi connectivity index (χ4n) is 5.68. The van der Waals surface area contributed by atoms with Gasteiger partial charge in [0.25, 0.3) is 11.8 Å². The van der Waals surface area contributed by atoms with Crippen LogP contribution in [0.3, 0.4) is 0 Å². The van der Waals surface area contributed by atoms with Crippen molar-refractivity contribution in [3.63, 3.8) is 0 Å². The van der Waals surface area contributed by atoms with Gasteiger partial charge < -0.3 is 24.8 Å². The first-order valence-corrected chi connectivity index (χ1v) is 16.5. The van der Waals surface area contributed by atoms with E-state index in [2.05, 4.69) is 15.2 Å². The summed E-state index contributed by atoms with van der Waals surface area (Å²) in [7, 11) is 2.03. The highest BCUT2D eigenvalue weighted by Crippen LogP contribution is 2.36. The second-order valence-corrected chi connectivity index (χ2v) is 13.0. The molecule has 47 heavy (non-hydrogen) atoms. The van der Waals surface area contributed by atoms with Crippen LogP contribution in [0.2, 0.25) is 0 Å². The van der Waals surface area contributed by atoms with Gasteiger partial charge >= 0.3 is 0 Å². The van der Waals surface area contributed by atoms with Crippen molar-refractivity contribution in [3.05, 3.63) is 113 Å². The van der Waals surface area contributed by atoms with Gasteiger partial charge in [-0.1, -0.05) is 55.5 Å². The number of carbonyl (C=O) groups is 2. The number of aromatic nitrogens is 1. The molecule has 2 N–H and O–H groups in total. The fourth-order valence-corrected chi connectivity index (χ4v) is 6.54. The van der Waals surface area contributed by atoms with Crippen molar-refractivity contribution in [1.29, 1.82) is 0 Å². The highest BCUT2D eigenvalue weighted by atomic mass is 32.1. The maximum Gasteiger partial charge on any atom is 0.284 e. The first-order chi connectivity index (χ1) is 22.8. The van der Waals surface area contributed by atoms with Crippen molar-refractivity contribution >= 4 is 39.1 Å². The van der Waals surface area contributed by atoms with Crippen molar-refractivity contribution in [2.24, 2.45) is 5.92 Å². The lowest BCUT2D eigenvalue weighted by molar-refractivity contribution is 0.0343. The van der Waals surface area contributed by atoms with Gasteiger partial charge in [0.15, 0.2) is 10.8 Å². The van der Waals surface area contributed by atoms with Crippen molar-refractivity contribution in [2.45, 2.75) is 32.5 Å². The van der Waals surface area contributed by atoms with Crippen molar-refractivity contribution in [1.82, 2.24) is 14.8 Å². The third kappa shape index (κ3) is 7.46. The molecule has 2 heterocycles. The molecule has 0 saturated heterocycles. The summed E-state index contributed by atoms with van der Waals surface area (Å²) in [5.41, 5.74) is 2.59. The Balaban J connectivity index is 1.23. The number of nitrogens with one attached hydrogen (secondary N) is 1. The van der Waals surface area contributed by atoms with Gasteiger partial charge in [0, 0.05) is 25.6 Å². The molecule has 6 rings (SSSR count). The number of aliphatic hydroxyl groups is 1. The second kappa shape index (κ2) is 14.3. The van der Waals surface area contributed by atoms with Gasteiger partial charge in [-0.15, -0.1) is 11.3 Å². The van der Waals surface area contributed by atoms with Crippen LogP contribution in [-0.2, 0) is 6.54 Å². The Morgan fingerprint density at radius 1 is 1.04 bits per heavy atom. The number of nitrogens with zero attached hydrogens (tertiary/aromatic N) is 3. The zero-order valence-electron chi connectivity index (χ0n) is 26.6. The zero-order valence-corrected chi connectivity index (χ0v) is 27.4. The standard InChI is InChI=1S/C37H38N4O5S/c1-24-20-41(25(2)23-42)37(44)29-12-9-14-31(38-35(43)36-39-30-13-7-8-15-33(30)47-36)34(29)46-32(24)22-40(3)21-26-16-18-28(19-17-26)45-27-10-5-4-6-11-27/h4-19,24-25,32,42H,20-23H2,1-3H3,(H,38,43)/t24-,25+,32-/m0/s1. The minimum atomic E-state index is -0.396. The number of carbonyl (C=O) groups excluding carboxylic acids is 2. The maximum atomic E-state index is 13.9. The number of aliphatic hydroxyl groups excluding tert-OH is 1. The van der Waals surface area contributed by atoms with Crippen molar-refractivity contribution in [3.8, 4) is 17.2 Å². The van der Waals surface area contributed by atoms with E-state index in [0.717, 1.165) is 27.3 Å². The number of hydrogen-bond donors (Lipinski definition) is 2. The van der Waals surface area contributed by atoms with Crippen LogP contribution in [0.5, 0.6) is 17.2 Å². The zero-order chi connectivity index (χ0) is 32.9. The third-order valence-electron chi connectivity index (χ3n) is 8.27. The van der Waals surface area contributed by atoms with Crippen molar-refractivity contribution < 1.29 is 24.2 Å². The topological polar surface area (TPSA) is 104 Å². The summed E-state index contributed by atoms with van der Waals surface area (Å²) >= 11 is 1.31. The summed E-state index contributed by atoms with van der Waals surface area (Å²) in [5, 5.41) is 13.3. The summed E-state index contributed by atoms with van der Waals surface area (Å²) < 4.78 is 13.6. The summed E-state index contributed by atoms with van der Waals surface area (Å²) in [6.45, 7) is 5.34. The number of para-hydroxylation sites is 3. The number of benzene rings is 4.